The number of imide groups is 1. The minimum Gasteiger partial charge on any atom is -0.395 e. The van der Waals surface area contributed by atoms with Gasteiger partial charge in [0.2, 0.25) is 0 Å². The minimum atomic E-state index is -0.530. The quantitative estimate of drug-likeness (QED) is 0.670. The average molecular weight is 388 g/mol. The highest BCUT2D eigenvalue weighted by Gasteiger charge is 2.38. The van der Waals surface area contributed by atoms with Crippen molar-refractivity contribution < 1.29 is 19.5 Å². The number of benzene rings is 2. The molecule has 0 aliphatic carbocycles. The molecule has 8 nitrogen and oxygen atoms in total. The molecule has 0 atom stereocenters. The summed E-state index contributed by atoms with van der Waals surface area (Å²) in [5.41, 5.74) is 1.57. The second-order valence-electron chi connectivity index (χ2n) is 6.29. The Labute approximate surface area is 166 Å². The molecular weight excluding hydrogens is 372 g/mol. The van der Waals surface area contributed by atoms with Crippen LogP contribution < -0.4 is 9.80 Å². The number of hydrogen-bond donors (Lipinski definition) is 1. The van der Waals surface area contributed by atoms with Crippen molar-refractivity contribution in [1.29, 1.82) is 0 Å². The number of carbonyl (C=O) groups is 3. The van der Waals surface area contributed by atoms with Crippen molar-refractivity contribution in [3.8, 4) is 0 Å². The summed E-state index contributed by atoms with van der Waals surface area (Å²) < 4.78 is 0. The van der Waals surface area contributed by atoms with Crippen LogP contribution in [-0.4, -0.2) is 45.9 Å². The van der Waals surface area contributed by atoms with Gasteiger partial charge in [0, 0.05) is 24.0 Å². The number of aromatic nitrogens is 2. The molecule has 1 aliphatic heterocycles. The van der Waals surface area contributed by atoms with Gasteiger partial charge in [-0.05, 0) is 36.4 Å². The molecule has 0 fully saturated rings. The monoisotopic (exact) mass is 388 g/mol. The Morgan fingerprint density at radius 1 is 1.00 bits per heavy atom. The van der Waals surface area contributed by atoms with E-state index in [0.717, 1.165) is 4.90 Å². The molecule has 4 rings (SSSR count). The summed E-state index contributed by atoms with van der Waals surface area (Å²) in [7, 11) is 0. The number of fused-ring (bicyclic) bond motifs is 1. The summed E-state index contributed by atoms with van der Waals surface area (Å²) in [5, 5.41) is 9.34. The van der Waals surface area contributed by atoms with Gasteiger partial charge >= 0.3 is 0 Å². The van der Waals surface area contributed by atoms with Crippen molar-refractivity contribution in [2.45, 2.75) is 0 Å². The Morgan fingerprint density at radius 2 is 1.72 bits per heavy atom. The highest BCUT2D eigenvalue weighted by atomic mass is 16.3. The van der Waals surface area contributed by atoms with E-state index in [1.165, 1.54) is 29.6 Å². The molecule has 0 bridgehead atoms. The fourth-order valence-electron chi connectivity index (χ4n) is 3.17. The molecular formula is C21H16N4O4. The first-order chi connectivity index (χ1) is 14.1. The van der Waals surface area contributed by atoms with E-state index in [9.17, 15) is 19.5 Å². The summed E-state index contributed by atoms with van der Waals surface area (Å²) >= 11 is 0. The third-order valence-electron chi connectivity index (χ3n) is 4.56. The number of aliphatic hydroxyl groups is 1. The van der Waals surface area contributed by atoms with Gasteiger partial charge in [-0.25, -0.2) is 14.9 Å². The third-order valence-corrected chi connectivity index (χ3v) is 4.56. The highest BCUT2D eigenvalue weighted by Crippen LogP contribution is 2.27. The van der Waals surface area contributed by atoms with Gasteiger partial charge in [0.05, 0.1) is 17.9 Å². The van der Waals surface area contributed by atoms with Crippen molar-refractivity contribution in [1.82, 2.24) is 9.97 Å². The van der Waals surface area contributed by atoms with E-state index in [-0.39, 0.29) is 30.3 Å². The smallest absolute Gasteiger partial charge is 0.284 e. The lowest BCUT2D eigenvalue weighted by atomic mass is 10.1. The Morgan fingerprint density at radius 3 is 2.38 bits per heavy atom. The summed E-state index contributed by atoms with van der Waals surface area (Å²) in [6.45, 7) is -0.0452. The maximum atomic E-state index is 12.9. The van der Waals surface area contributed by atoms with Crippen molar-refractivity contribution in [2.24, 2.45) is 0 Å². The Hall–Kier alpha value is -3.91. The van der Waals surface area contributed by atoms with Crippen LogP contribution in [0.25, 0.3) is 0 Å². The largest absolute Gasteiger partial charge is 0.395 e. The number of nitrogens with zero attached hydrogens (tertiary/aromatic N) is 4. The fourth-order valence-corrected chi connectivity index (χ4v) is 3.17. The average Bonchev–Trinajstić information content (AvgIpc) is 3.03. The molecule has 2 aromatic carbocycles. The Kier molecular flexibility index (Phi) is 4.84. The van der Waals surface area contributed by atoms with E-state index in [2.05, 4.69) is 9.97 Å². The van der Waals surface area contributed by atoms with Crippen LogP contribution in [0.5, 0.6) is 0 Å². The molecule has 0 radical (unpaired) electrons. The molecule has 0 unspecified atom stereocenters. The molecule has 3 amide bonds. The first kappa shape index (κ1) is 18.5. The standard InChI is InChI=1S/C21H16N4O4/c26-11-10-24(15-4-2-1-3-5-15)19(27)14-6-8-16(9-7-14)25-20(28)17-12-22-13-23-18(17)21(25)29/h1-9,12-13,26H,10-11H2. The van der Waals surface area contributed by atoms with E-state index < -0.39 is 11.8 Å². The lowest BCUT2D eigenvalue weighted by Crippen LogP contribution is -2.33. The molecule has 29 heavy (non-hydrogen) atoms. The van der Waals surface area contributed by atoms with Crippen molar-refractivity contribution in [2.75, 3.05) is 23.0 Å². The molecule has 3 aromatic rings. The Bertz CT molecular complexity index is 1050. The normalized spacial score (nSPS) is 12.8. The molecule has 1 aromatic heterocycles. The molecule has 0 saturated heterocycles. The van der Waals surface area contributed by atoms with Crippen molar-refractivity contribution in [3.63, 3.8) is 0 Å². The fraction of sp³-hybridized carbons (Fsp3) is 0.0952. The van der Waals surface area contributed by atoms with Crippen molar-refractivity contribution >= 4 is 29.1 Å². The number of anilines is 2. The number of para-hydroxylation sites is 1. The molecule has 144 valence electrons. The van der Waals surface area contributed by atoms with Gasteiger partial charge in [-0.3, -0.25) is 14.4 Å². The first-order valence-electron chi connectivity index (χ1n) is 8.88. The summed E-state index contributed by atoms with van der Waals surface area (Å²) in [4.78, 5) is 48.1. The molecule has 0 saturated carbocycles. The molecule has 0 spiro atoms. The summed E-state index contributed by atoms with van der Waals surface area (Å²) in [6, 6.07) is 15.2. The zero-order valence-corrected chi connectivity index (χ0v) is 15.2. The topological polar surface area (TPSA) is 104 Å². The lowest BCUT2D eigenvalue weighted by molar-refractivity contribution is 0.0923. The molecule has 1 N–H and O–H groups in total. The lowest BCUT2D eigenvalue weighted by Gasteiger charge is -2.22. The van der Waals surface area contributed by atoms with Gasteiger partial charge in [-0.2, -0.15) is 0 Å². The number of rotatable bonds is 5. The third kappa shape index (κ3) is 3.26. The van der Waals surface area contributed by atoms with Crippen LogP contribution >= 0.6 is 0 Å². The van der Waals surface area contributed by atoms with E-state index in [1.54, 1.807) is 36.4 Å². The second-order valence-corrected chi connectivity index (χ2v) is 6.29. The van der Waals surface area contributed by atoms with Gasteiger partial charge in [-0.1, -0.05) is 18.2 Å². The van der Waals surface area contributed by atoms with Crippen LogP contribution in [0.1, 0.15) is 31.2 Å². The van der Waals surface area contributed by atoms with Gasteiger partial charge in [-0.15, -0.1) is 0 Å². The van der Waals surface area contributed by atoms with Crippen LogP contribution in [0.15, 0.2) is 67.1 Å². The van der Waals surface area contributed by atoms with Crippen molar-refractivity contribution in [3.05, 3.63) is 83.9 Å². The number of hydrogen-bond acceptors (Lipinski definition) is 6. The number of carbonyl (C=O) groups excluding carboxylic acids is 3. The zero-order valence-electron chi connectivity index (χ0n) is 15.2. The van der Waals surface area contributed by atoms with Crippen LogP contribution in [0.3, 0.4) is 0 Å². The second kappa shape index (κ2) is 7.61. The molecule has 2 heterocycles. The first-order valence-corrected chi connectivity index (χ1v) is 8.88. The van der Waals surface area contributed by atoms with Crippen LogP contribution in [0.2, 0.25) is 0 Å². The maximum absolute atomic E-state index is 12.9. The van der Waals surface area contributed by atoms with E-state index >= 15 is 0 Å². The van der Waals surface area contributed by atoms with Crippen LogP contribution in [-0.2, 0) is 0 Å². The zero-order chi connectivity index (χ0) is 20.4. The van der Waals surface area contributed by atoms with Gasteiger partial charge in [0.25, 0.3) is 17.7 Å². The molecule has 1 aliphatic rings. The van der Waals surface area contributed by atoms with Gasteiger partial charge in [0.15, 0.2) is 0 Å². The summed E-state index contributed by atoms with van der Waals surface area (Å²) in [6.07, 6.45) is 2.53. The van der Waals surface area contributed by atoms with E-state index in [1.807, 2.05) is 6.07 Å². The number of amides is 3. The SMILES string of the molecule is O=C(c1ccc(N2C(=O)c3cncnc3C2=O)cc1)N(CCO)c1ccccc1. The number of aliphatic hydroxyl groups excluding tert-OH is 1. The summed E-state index contributed by atoms with van der Waals surface area (Å²) in [5.74, 6) is -1.33. The van der Waals surface area contributed by atoms with Gasteiger partial charge < -0.3 is 10.0 Å². The van der Waals surface area contributed by atoms with E-state index in [0.29, 0.717) is 16.9 Å². The molecule has 8 heteroatoms. The Balaban J connectivity index is 1.60. The predicted octanol–water partition coefficient (Wildman–Crippen LogP) is 1.92. The van der Waals surface area contributed by atoms with Gasteiger partial charge in [0.1, 0.15) is 12.0 Å². The minimum absolute atomic E-state index is 0.0587. The highest BCUT2D eigenvalue weighted by molar-refractivity contribution is 6.33. The van der Waals surface area contributed by atoms with Crippen LogP contribution in [0, 0.1) is 0 Å². The predicted molar refractivity (Wildman–Crippen MR) is 105 cm³/mol. The van der Waals surface area contributed by atoms with E-state index in [4.69, 9.17) is 0 Å². The van der Waals surface area contributed by atoms with Crippen LogP contribution in [0.4, 0.5) is 11.4 Å². The maximum Gasteiger partial charge on any atom is 0.284 e.